The molecular weight excluding hydrogens is 280 g/mol. The molecule has 0 spiro atoms. The highest BCUT2D eigenvalue weighted by Gasteiger charge is 2.25. The van der Waals surface area contributed by atoms with Gasteiger partial charge in [-0.3, -0.25) is 9.82 Å². The molecule has 0 aliphatic rings. The van der Waals surface area contributed by atoms with E-state index in [-0.39, 0.29) is 16.5 Å². The zero-order valence-electron chi connectivity index (χ0n) is 10.8. The van der Waals surface area contributed by atoms with Gasteiger partial charge in [0.25, 0.3) is 10.0 Å². The van der Waals surface area contributed by atoms with E-state index >= 15 is 0 Å². The zero-order valence-corrected chi connectivity index (χ0v) is 11.7. The second-order valence-electron chi connectivity index (χ2n) is 4.38. The summed E-state index contributed by atoms with van der Waals surface area (Å²) < 4.78 is 32.1. The first kappa shape index (κ1) is 12.7. The molecule has 3 rings (SSSR count). The van der Waals surface area contributed by atoms with E-state index in [1.54, 1.807) is 19.9 Å². The molecule has 2 heterocycles. The van der Waals surface area contributed by atoms with Crippen LogP contribution in [0.4, 0.5) is 5.82 Å². The molecule has 0 saturated heterocycles. The lowest BCUT2D eigenvalue weighted by Crippen LogP contribution is -2.15. The Bertz CT molecular complexity index is 860. The summed E-state index contributed by atoms with van der Waals surface area (Å²) >= 11 is 0. The van der Waals surface area contributed by atoms with E-state index in [2.05, 4.69) is 20.1 Å². The predicted molar refractivity (Wildman–Crippen MR) is 72.9 cm³/mol. The number of nitrogens with one attached hydrogen (secondary N) is 2. The van der Waals surface area contributed by atoms with Crippen LogP contribution in [0.2, 0.25) is 0 Å². The van der Waals surface area contributed by atoms with Gasteiger partial charge in [-0.05, 0) is 26.0 Å². The van der Waals surface area contributed by atoms with Gasteiger partial charge in [0.05, 0.1) is 5.52 Å². The summed E-state index contributed by atoms with van der Waals surface area (Å²) in [5.74, 6) is 0.496. The average molecular weight is 292 g/mol. The average Bonchev–Trinajstić information content (AvgIpc) is 2.94. The number of aromatic amines is 1. The Kier molecular flexibility index (Phi) is 2.75. The van der Waals surface area contributed by atoms with E-state index < -0.39 is 10.0 Å². The van der Waals surface area contributed by atoms with E-state index in [1.165, 1.54) is 0 Å². The Balaban J connectivity index is 2.06. The van der Waals surface area contributed by atoms with Crippen molar-refractivity contribution in [2.45, 2.75) is 18.7 Å². The topological polar surface area (TPSA) is 101 Å². The third-order valence-corrected chi connectivity index (χ3v) is 4.52. The van der Waals surface area contributed by atoms with Gasteiger partial charge in [-0.25, -0.2) is 8.42 Å². The molecule has 0 bridgehead atoms. The van der Waals surface area contributed by atoms with Crippen molar-refractivity contribution >= 4 is 26.7 Å². The van der Waals surface area contributed by atoms with E-state index in [0.717, 1.165) is 5.52 Å². The zero-order chi connectivity index (χ0) is 14.3. The van der Waals surface area contributed by atoms with Crippen molar-refractivity contribution in [3.8, 4) is 0 Å². The number of rotatable bonds is 3. The largest absolute Gasteiger partial charge is 0.360 e. The molecule has 1 aromatic carbocycles. The lowest BCUT2D eigenvalue weighted by atomic mass is 10.2. The van der Waals surface area contributed by atoms with Crippen LogP contribution in [0.25, 0.3) is 10.9 Å². The van der Waals surface area contributed by atoms with Crippen molar-refractivity contribution in [1.82, 2.24) is 15.4 Å². The fourth-order valence-electron chi connectivity index (χ4n) is 2.08. The second-order valence-corrected chi connectivity index (χ2v) is 6.00. The lowest BCUT2D eigenvalue weighted by molar-refractivity contribution is 0.390. The van der Waals surface area contributed by atoms with E-state index in [9.17, 15) is 8.42 Å². The van der Waals surface area contributed by atoms with Crippen LogP contribution in [0.1, 0.15) is 11.5 Å². The van der Waals surface area contributed by atoms with Crippen LogP contribution in [0.5, 0.6) is 0 Å². The van der Waals surface area contributed by atoms with E-state index in [1.807, 2.05) is 18.2 Å². The number of aryl methyl sites for hydroxylation is 2. The second kappa shape index (κ2) is 4.34. The van der Waals surface area contributed by atoms with Gasteiger partial charge in [-0.15, -0.1) is 0 Å². The molecule has 0 radical (unpaired) electrons. The van der Waals surface area contributed by atoms with Crippen molar-refractivity contribution in [2.24, 2.45) is 0 Å². The first-order chi connectivity index (χ1) is 9.49. The van der Waals surface area contributed by atoms with Crippen molar-refractivity contribution in [3.05, 3.63) is 35.7 Å². The lowest BCUT2D eigenvalue weighted by Gasteiger charge is -2.04. The number of anilines is 1. The molecule has 0 fully saturated rings. The fraction of sp³-hybridized carbons (Fsp3) is 0.167. The van der Waals surface area contributed by atoms with E-state index in [0.29, 0.717) is 11.1 Å². The van der Waals surface area contributed by atoms with Crippen LogP contribution in [0, 0.1) is 13.8 Å². The van der Waals surface area contributed by atoms with Crippen LogP contribution in [-0.2, 0) is 10.0 Å². The van der Waals surface area contributed by atoms with Crippen LogP contribution < -0.4 is 4.72 Å². The Labute approximate surface area is 115 Å². The van der Waals surface area contributed by atoms with Gasteiger partial charge < -0.3 is 4.52 Å². The third-order valence-electron chi connectivity index (χ3n) is 2.94. The first-order valence-corrected chi connectivity index (χ1v) is 7.36. The quantitative estimate of drug-likeness (QED) is 0.768. The van der Waals surface area contributed by atoms with Crippen LogP contribution >= 0.6 is 0 Å². The molecule has 0 saturated carbocycles. The molecule has 0 amide bonds. The van der Waals surface area contributed by atoms with Crippen LogP contribution in [0.3, 0.4) is 0 Å². The molecule has 2 N–H and O–H groups in total. The number of sulfonamides is 1. The number of fused-ring (bicyclic) bond motifs is 1. The van der Waals surface area contributed by atoms with Gasteiger partial charge >= 0.3 is 0 Å². The molecule has 0 atom stereocenters. The monoisotopic (exact) mass is 292 g/mol. The Hall–Kier alpha value is -2.35. The highest BCUT2D eigenvalue weighted by molar-refractivity contribution is 7.92. The van der Waals surface area contributed by atoms with Gasteiger partial charge in [0.1, 0.15) is 5.69 Å². The van der Waals surface area contributed by atoms with E-state index in [4.69, 9.17) is 4.52 Å². The van der Waals surface area contributed by atoms with Crippen molar-refractivity contribution < 1.29 is 12.9 Å². The molecule has 0 aliphatic heterocycles. The van der Waals surface area contributed by atoms with Gasteiger partial charge in [0.15, 0.2) is 16.5 Å². The molecule has 7 nitrogen and oxygen atoms in total. The number of benzene rings is 1. The maximum absolute atomic E-state index is 12.4. The maximum atomic E-state index is 12.4. The summed E-state index contributed by atoms with van der Waals surface area (Å²) in [6.45, 7) is 3.13. The van der Waals surface area contributed by atoms with Crippen molar-refractivity contribution in [3.63, 3.8) is 0 Å². The summed E-state index contributed by atoms with van der Waals surface area (Å²) in [6.07, 6.45) is 0. The molecule has 104 valence electrons. The molecule has 3 aromatic rings. The minimum absolute atomic E-state index is 0.0459. The number of hydrogen-bond donors (Lipinski definition) is 2. The first-order valence-electron chi connectivity index (χ1n) is 5.88. The summed E-state index contributed by atoms with van der Waals surface area (Å²) in [5.41, 5.74) is 1.07. The normalized spacial score (nSPS) is 11.9. The van der Waals surface area contributed by atoms with Gasteiger partial charge in [-0.1, -0.05) is 17.3 Å². The number of hydrogen-bond acceptors (Lipinski definition) is 5. The smallest absolute Gasteiger partial charge is 0.268 e. The third kappa shape index (κ3) is 1.94. The number of aromatic nitrogens is 3. The summed E-state index contributed by atoms with van der Waals surface area (Å²) in [7, 11) is -3.78. The molecule has 2 aromatic heterocycles. The molecule has 0 aliphatic carbocycles. The van der Waals surface area contributed by atoms with Gasteiger partial charge in [-0.2, -0.15) is 5.10 Å². The minimum atomic E-state index is -3.78. The Morgan fingerprint density at radius 1 is 1.25 bits per heavy atom. The SMILES string of the molecule is Cc1noc(C)c1S(=O)(=O)Nc1n[nH]c2ccccc12. The number of H-pyrrole nitrogens is 1. The Morgan fingerprint density at radius 2 is 2.00 bits per heavy atom. The Morgan fingerprint density at radius 3 is 2.70 bits per heavy atom. The predicted octanol–water partition coefficient (Wildman–Crippen LogP) is 1.97. The summed E-state index contributed by atoms with van der Waals surface area (Å²) in [5, 5.41) is 11.1. The van der Waals surface area contributed by atoms with Crippen LogP contribution in [-0.4, -0.2) is 23.8 Å². The minimum Gasteiger partial charge on any atom is -0.360 e. The standard InChI is InChI=1S/C12H12N4O3S/c1-7-11(8(2)19-15-7)20(17,18)16-12-9-5-3-4-6-10(9)13-14-12/h3-6H,1-2H3,(H2,13,14,16). The van der Waals surface area contributed by atoms with Gasteiger partial charge in [0.2, 0.25) is 0 Å². The summed E-state index contributed by atoms with van der Waals surface area (Å²) in [4.78, 5) is 0.0459. The number of para-hydroxylation sites is 1. The molecular formula is C12H12N4O3S. The highest BCUT2D eigenvalue weighted by atomic mass is 32.2. The van der Waals surface area contributed by atoms with Gasteiger partial charge in [0, 0.05) is 5.39 Å². The fourth-order valence-corrected chi connectivity index (χ4v) is 3.43. The van der Waals surface area contributed by atoms with Crippen molar-refractivity contribution in [2.75, 3.05) is 4.72 Å². The highest BCUT2D eigenvalue weighted by Crippen LogP contribution is 2.25. The summed E-state index contributed by atoms with van der Waals surface area (Å²) in [6, 6.07) is 7.25. The molecule has 0 unspecified atom stereocenters. The molecule has 20 heavy (non-hydrogen) atoms. The van der Waals surface area contributed by atoms with Crippen molar-refractivity contribution in [1.29, 1.82) is 0 Å². The molecule has 8 heteroatoms. The number of nitrogens with zero attached hydrogens (tertiary/aromatic N) is 2. The van der Waals surface area contributed by atoms with Crippen LogP contribution in [0.15, 0.2) is 33.7 Å². The maximum Gasteiger partial charge on any atom is 0.268 e.